The van der Waals surface area contributed by atoms with E-state index in [1.807, 2.05) is 6.07 Å². The second kappa shape index (κ2) is 6.43. The molecule has 0 aliphatic carbocycles. The highest BCUT2D eigenvalue weighted by atomic mass is 32.2. The number of sulfonamides is 1. The summed E-state index contributed by atoms with van der Waals surface area (Å²) < 4.78 is 29.9. The summed E-state index contributed by atoms with van der Waals surface area (Å²) in [7, 11) is -1.75. The smallest absolute Gasteiger partial charge is 0.209 e. The highest BCUT2D eigenvalue weighted by Gasteiger charge is 2.21. The van der Waals surface area contributed by atoms with E-state index in [2.05, 4.69) is 10.0 Å². The summed E-state index contributed by atoms with van der Waals surface area (Å²) in [6, 6.07) is 5.14. The van der Waals surface area contributed by atoms with E-state index in [-0.39, 0.29) is 5.75 Å². The Balaban J connectivity index is 2.54. The van der Waals surface area contributed by atoms with Gasteiger partial charge in [0.05, 0.1) is 13.4 Å². The molecule has 0 atom stereocenters. The van der Waals surface area contributed by atoms with E-state index < -0.39 is 15.6 Å². The van der Waals surface area contributed by atoms with Crippen molar-refractivity contribution in [3.63, 3.8) is 0 Å². The monoisotopic (exact) mass is 302 g/mol. The highest BCUT2D eigenvalue weighted by Crippen LogP contribution is 2.26. The predicted octanol–water partition coefficient (Wildman–Crippen LogP) is 0.818. The summed E-state index contributed by atoms with van der Waals surface area (Å²) in [6.45, 7) is 4.58. The second-order valence-electron chi connectivity index (χ2n) is 5.37. The van der Waals surface area contributed by atoms with Crippen LogP contribution < -0.4 is 14.8 Å². The Kier molecular flexibility index (Phi) is 5.38. The van der Waals surface area contributed by atoms with Crippen LogP contribution in [0.15, 0.2) is 18.2 Å². The third-order valence-corrected chi connectivity index (χ3v) is 3.52. The van der Waals surface area contributed by atoms with Crippen LogP contribution in [0.2, 0.25) is 0 Å². The highest BCUT2D eigenvalue weighted by molar-refractivity contribution is 7.88. The summed E-state index contributed by atoms with van der Waals surface area (Å²) in [5, 5.41) is 12.8. The minimum atomic E-state index is -3.24. The van der Waals surface area contributed by atoms with E-state index >= 15 is 0 Å². The zero-order valence-electron chi connectivity index (χ0n) is 12.2. The summed E-state index contributed by atoms with van der Waals surface area (Å²) in [5.41, 5.74) is 0.306. The molecule has 1 rings (SSSR count). The second-order valence-corrected chi connectivity index (χ2v) is 7.12. The van der Waals surface area contributed by atoms with Crippen LogP contribution in [0.4, 0.5) is 0 Å². The van der Waals surface area contributed by atoms with Gasteiger partial charge in [-0.1, -0.05) is 6.07 Å². The van der Waals surface area contributed by atoms with E-state index in [0.717, 1.165) is 11.8 Å². The Morgan fingerprint density at radius 3 is 2.50 bits per heavy atom. The lowest BCUT2D eigenvalue weighted by Crippen LogP contribution is -2.49. The SMILES string of the molecule is COc1ccc(CNCC(C)(C)NS(C)(=O)=O)cc1O. The van der Waals surface area contributed by atoms with Crippen molar-refractivity contribution in [2.75, 3.05) is 19.9 Å². The van der Waals surface area contributed by atoms with Gasteiger partial charge in [-0.15, -0.1) is 0 Å². The molecule has 20 heavy (non-hydrogen) atoms. The molecule has 0 aliphatic heterocycles. The van der Waals surface area contributed by atoms with Crippen molar-refractivity contribution in [3.8, 4) is 11.5 Å². The van der Waals surface area contributed by atoms with Crippen LogP contribution in [0.3, 0.4) is 0 Å². The Morgan fingerprint density at radius 2 is 2.00 bits per heavy atom. The molecule has 1 aromatic rings. The number of rotatable bonds is 7. The van der Waals surface area contributed by atoms with Crippen LogP contribution in [0.1, 0.15) is 19.4 Å². The predicted molar refractivity (Wildman–Crippen MR) is 78.4 cm³/mol. The van der Waals surface area contributed by atoms with Crippen molar-refractivity contribution in [3.05, 3.63) is 23.8 Å². The Hall–Kier alpha value is -1.31. The fourth-order valence-corrected chi connectivity index (χ4v) is 2.98. The fourth-order valence-electron chi connectivity index (χ4n) is 1.90. The fraction of sp³-hybridized carbons (Fsp3) is 0.538. The van der Waals surface area contributed by atoms with Crippen molar-refractivity contribution < 1.29 is 18.3 Å². The largest absolute Gasteiger partial charge is 0.504 e. The molecule has 0 fully saturated rings. The van der Waals surface area contributed by atoms with Gasteiger partial charge in [-0.05, 0) is 31.5 Å². The molecule has 0 radical (unpaired) electrons. The first-order chi connectivity index (χ1) is 9.13. The lowest BCUT2D eigenvalue weighted by Gasteiger charge is -2.25. The number of phenols is 1. The molecule has 0 bridgehead atoms. The van der Waals surface area contributed by atoms with Gasteiger partial charge in [0, 0.05) is 18.6 Å². The number of benzene rings is 1. The van der Waals surface area contributed by atoms with E-state index in [1.165, 1.54) is 7.11 Å². The minimum Gasteiger partial charge on any atom is -0.504 e. The van der Waals surface area contributed by atoms with Gasteiger partial charge >= 0.3 is 0 Å². The lowest BCUT2D eigenvalue weighted by molar-refractivity contribution is 0.372. The van der Waals surface area contributed by atoms with Crippen LogP contribution in [-0.2, 0) is 16.6 Å². The lowest BCUT2D eigenvalue weighted by atomic mass is 10.1. The topological polar surface area (TPSA) is 87.7 Å². The minimum absolute atomic E-state index is 0.0836. The quantitative estimate of drug-likeness (QED) is 0.694. The van der Waals surface area contributed by atoms with Crippen molar-refractivity contribution in [1.29, 1.82) is 0 Å². The van der Waals surface area contributed by atoms with E-state index in [9.17, 15) is 13.5 Å². The van der Waals surface area contributed by atoms with Crippen molar-refractivity contribution in [1.82, 2.24) is 10.0 Å². The zero-order chi connectivity index (χ0) is 15.4. The van der Waals surface area contributed by atoms with Gasteiger partial charge in [-0.25, -0.2) is 13.1 Å². The average Bonchev–Trinajstić information content (AvgIpc) is 2.25. The van der Waals surface area contributed by atoms with Gasteiger partial charge in [-0.3, -0.25) is 0 Å². The van der Waals surface area contributed by atoms with Crippen LogP contribution in [0.5, 0.6) is 11.5 Å². The Bertz CT molecular complexity index is 555. The van der Waals surface area contributed by atoms with Gasteiger partial charge in [0.15, 0.2) is 11.5 Å². The molecule has 1 aromatic carbocycles. The normalized spacial score (nSPS) is 12.4. The first-order valence-electron chi connectivity index (χ1n) is 6.18. The molecule has 6 nitrogen and oxygen atoms in total. The van der Waals surface area contributed by atoms with Gasteiger partial charge in [0.2, 0.25) is 10.0 Å². The van der Waals surface area contributed by atoms with E-state index in [1.54, 1.807) is 26.0 Å². The molecule has 7 heteroatoms. The molecule has 0 saturated carbocycles. The number of aromatic hydroxyl groups is 1. The Labute approximate surface area is 120 Å². The summed E-state index contributed by atoms with van der Waals surface area (Å²) in [4.78, 5) is 0. The summed E-state index contributed by atoms with van der Waals surface area (Å²) in [5.74, 6) is 0.508. The molecule has 114 valence electrons. The maximum absolute atomic E-state index is 11.2. The number of hydrogen-bond donors (Lipinski definition) is 3. The van der Waals surface area contributed by atoms with Crippen LogP contribution >= 0.6 is 0 Å². The number of ether oxygens (including phenoxy) is 1. The van der Waals surface area contributed by atoms with Gasteiger partial charge in [0.1, 0.15) is 0 Å². The first-order valence-corrected chi connectivity index (χ1v) is 8.08. The first kappa shape index (κ1) is 16.7. The zero-order valence-corrected chi connectivity index (χ0v) is 13.0. The third kappa shape index (κ3) is 5.77. The van der Waals surface area contributed by atoms with Crippen LogP contribution in [0.25, 0.3) is 0 Å². The van der Waals surface area contributed by atoms with E-state index in [4.69, 9.17) is 4.74 Å². The number of phenolic OH excluding ortho intramolecular Hbond substituents is 1. The van der Waals surface area contributed by atoms with Crippen LogP contribution in [0, 0.1) is 0 Å². The van der Waals surface area contributed by atoms with Crippen molar-refractivity contribution >= 4 is 10.0 Å². The molecular weight excluding hydrogens is 280 g/mol. The number of methoxy groups -OCH3 is 1. The maximum atomic E-state index is 11.2. The molecule has 0 heterocycles. The molecule has 0 spiro atoms. The molecule has 0 unspecified atom stereocenters. The molecule has 0 aliphatic rings. The van der Waals surface area contributed by atoms with Gasteiger partial charge in [-0.2, -0.15) is 0 Å². The molecule has 0 saturated heterocycles. The third-order valence-electron chi connectivity index (χ3n) is 2.60. The van der Waals surface area contributed by atoms with Gasteiger partial charge in [0.25, 0.3) is 0 Å². The van der Waals surface area contributed by atoms with Crippen molar-refractivity contribution in [2.24, 2.45) is 0 Å². The molecular formula is C13H22N2O4S. The van der Waals surface area contributed by atoms with Crippen molar-refractivity contribution in [2.45, 2.75) is 25.9 Å². The average molecular weight is 302 g/mol. The molecule has 3 N–H and O–H groups in total. The number of hydrogen-bond acceptors (Lipinski definition) is 5. The standard InChI is InChI=1S/C13H22N2O4S/c1-13(2,15-20(4,17)18)9-14-8-10-5-6-12(19-3)11(16)7-10/h5-7,14-16H,8-9H2,1-4H3. The number of nitrogens with one attached hydrogen (secondary N) is 2. The van der Waals surface area contributed by atoms with Crippen LogP contribution in [-0.4, -0.2) is 39.0 Å². The summed E-state index contributed by atoms with van der Waals surface area (Å²) in [6.07, 6.45) is 1.14. The summed E-state index contributed by atoms with van der Waals surface area (Å²) >= 11 is 0. The molecule has 0 aromatic heterocycles. The maximum Gasteiger partial charge on any atom is 0.209 e. The van der Waals surface area contributed by atoms with Gasteiger partial charge < -0.3 is 15.2 Å². The Morgan fingerprint density at radius 1 is 1.35 bits per heavy atom. The molecule has 0 amide bonds. The van der Waals surface area contributed by atoms with E-state index in [0.29, 0.717) is 18.8 Å².